The number of nitrogens with zero attached hydrogens (tertiary/aromatic N) is 1. The molecule has 5 heteroatoms. The first kappa shape index (κ1) is 13.4. The van der Waals surface area contributed by atoms with Gasteiger partial charge in [0.05, 0.1) is 18.2 Å². The maximum absolute atomic E-state index is 11.7. The van der Waals surface area contributed by atoms with Crippen LogP contribution in [0.2, 0.25) is 0 Å². The number of amides is 1. The van der Waals surface area contributed by atoms with Gasteiger partial charge in [0, 0.05) is 13.1 Å². The Bertz CT molecular complexity index is 235. The van der Waals surface area contributed by atoms with Crippen molar-refractivity contribution in [2.24, 2.45) is 11.8 Å². The van der Waals surface area contributed by atoms with Crippen molar-refractivity contribution >= 4 is 5.91 Å². The number of hydrogen-bond acceptors (Lipinski definition) is 4. The van der Waals surface area contributed by atoms with Crippen LogP contribution in [0.25, 0.3) is 0 Å². The third-order valence-corrected chi connectivity index (χ3v) is 2.88. The van der Waals surface area contributed by atoms with Gasteiger partial charge in [-0.2, -0.15) is 0 Å². The van der Waals surface area contributed by atoms with Crippen LogP contribution in [0.5, 0.6) is 0 Å². The van der Waals surface area contributed by atoms with Gasteiger partial charge in [-0.05, 0) is 19.8 Å². The van der Waals surface area contributed by atoms with Crippen LogP contribution in [0.4, 0.5) is 0 Å². The van der Waals surface area contributed by atoms with E-state index in [-0.39, 0.29) is 30.1 Å². The molecule has 1 amide bonds. The number of carbonyl (C=O) groups is 1. The first-order chi connectivity index (χ1) is 7.45. The highest BCUT2D eigenvalue weighted by Gasteiger charge is 2.33. The fourth-order valence-corrected chi connectivity index (χ4v) is 2.42. The van der Waals surface area contributed by atoms with Gasteiger partial charge in [-0.25, -0.2) is 5.84 Å². The lowest BCUT2D eigenvalue weighted by molar-refractivity contribution is -0.135. The number of morpholine rings is 1. The van der Waals surface area contributed by atoms with Gasteiger partial charge in [0.15, 0.2) is 0 Å². The summed E-state index contributed by atoms with van der Waals surface area (Å²) in [5.74, 6) is 5.35. The molecule has 0 aromatic carbocycles. The zero-order chi connectivity index (χ0) is 12.3. The largest absolute Gasteiger partial charge is 0.373 e. The first-order valence-electron chi connectivity index (χ1n) is 5.85. The number of ether oxygens (including phenoxy) is 1. The zero-order valence-electron chi connectivity index (χ0n) is 10.6. The van der Waals surface area contributed by atoms with Crippen LogP contribution >= 0.6 is 0 Å². The van der Waals surface area contributed by atoms with Crippen LogP contribution in [0.3, 0.4) is 0 Å². The van der Waals surface area contributed by atoms with Crippen molar-refractivity contribution in [2.45, 2.75) is 45.9 Å². The molecule has 0 bridgehead atoms. The fraction of sp³-hybridized carbons (Fsp3) is 0.909. The second-order valence-corrected chi connectivity index (χ2v) is 4.91. The molecule has 1 unspecified atom stereocenters. The number of carbonyl (C=O) groups excluding carboxylic acids is 1. The van der Waals surface area contributed by atoms with E-state index in [0.717, 1.165) is 13.1 Å². The summed E-state index contributed by atoms with van der Waals surface area (Å²) >= 11 is 0. The average Bonchev–Trinajstić information content (AvgIpc) is 2.15. The molecule has 16 heavy (non-hydrogen) atoms. The standard InChI is InChI=1S/C11H23N3O2/c1-7(2)10(11(15)13-12)14-5-8(3)16-9(4)6-14/h7-10H,5-6,12H2,1-4H3,(H,13,15)/t8-,9+,10?. The minimum atomic E-state index is -0.168. The zero-order valence-corrected chi connectivity index (χ0v) is 10.6. The van der Waals surface area contributed by atoms with Crippen LogP contribution in [0, 0.1) is 5.92 Å². The van der Waals surface area contributed by atoms with Crippen molar-refractivity contribution in [1.82, 2.24) is 10.3 Å². The van der Waals surface area contributed by atoms with Crippen molar-refractivity contribution in [3.8, 4) is 0 Å². The van der Waals surface area contributed by atoms with Crippen LogP contribution in [0.1, 0.15) is 27.7 Å². The summed E-state index contributed by atoms with van der Waals surface area (Å²) in [6.45, 7) is 9.68. The van der Waals surface area contributed by atoms with Gasteiger partial charge in [0.25, 0.3) is 5.91 Å². The SMILES string of the molecule is CC(C)C(C(=O)NN)N1C[C@@H](C)O[C@@H](C)C1. The Hall–Kier alpha value is -0.650. The van der Waals surface area contributed by atoms with Gasteiger partial charge in [0.2, 0.25) is 0 Å². The number of rotatable bonds is 3. The van der Waals surface area contributed by atoms with E-state index < -0.39 is 0 Å². The van der Waals surface area contributed by atoms with Crippen molar-refractivity contribution in [2.75, 3.05) is 13.1 Å². The lowest BCUT2D eigenvalue weighted by Crippen LogP contribution is -2.57. The molecule has 1 fully saturated rings. The van der Waals surface area contributed by atoms with E-state index in [1.54, 1.807) is 0 Å². The Labute approximate surface area is 97.3 Å². The Morgan fingerprint density at radius 1 is 1.38 bits per heavy atom. The van der Waals surface area contributed by atoms with E-state index in [2.05, 4.69) is 10.3 Å². The topological polar surface area (TPSA) is 67.6 Å². The molecule has 1 rings (SSSR count). The third kappa shape index (κ3) is 3.17. The molecule has 0 aromatic heterocycles. The van der Waals surface area contributed by atoms with Crippen LogP contribution in [-0.2, 0) is 9.53 Å². The van der Waals surface area contributed by atoms with E-state index in [4.69, 9.17) is 10.6 Å². The molecular weight excluding hydrogens is 206 g/mol. The molecule has 3 N–H and O–H groups in total. The second-order valence-electron chi connectivity index (χ2n) is 4.91. The number of hydrogen-bond donors (Lipinski definition) is 2. The van der Waals surface area contributed by atoms with E-state index in [9.17, 15) is 4.79 Å². The third-order valence-electron chi connectivity index (χ3n) is 2.88. The average molecular weight is 229 g/mol. The van der Waals surface area contributed by atoms with E-state index in [1.807, 2.05) is 27.7 Å². The number of nitrogens with one attached hydrogen (secondary N) is 1. The predicted molar refractivity (Wildman–Crippen MR) is 62.5 cm³/mol. The molecule has 1 aliphatic heterocycles. The molecule has 0 spiro atoms. The number of hydrazine groups is 1. The fourth-order valence-electron chi connectivity index (χ4n) is 2.42. The minimum Gasteiger partial charge on any atom is -0.373 e. The highest BCUT2D eigenvalue weighted by molar-refractivity contribution is 5.81. The summed E-state index contributed by atoms with van der Waals surface area (Å²) < 4.78 is 5.66. The van der Waals surface area contributed by atoms with Gasteiger partial charge < -0.3 is 4.74 Å². The summed E-state index contributed by atoms with van der Waals surface area (Å²) in [6, 6.07) is -0.168. The summed E-state index contributed by atoms with van der Waals surface area (Å²) in [6.07, 6.45) is 0.325. The summed E-state index contributed by atoms with van der Waals surface area (Å²) in [4.78, 5) is 13.9. The van der Waals surface area contributed by atoms with Crippen LogP contribution < -0.4 is 11.3 Å². The Balaban J connectivity index is 2.74. The van der Waals surface area contributed by atoms with Crippen molar-refractivity contribution < 1.29 is 9.53 Å². The Kier molecular flexibility index (Phi) is 4.70. The molecule has 0 saturated carbocycles. The lowest BCUT2D eigenvalue weighted by atomic mass is 10.00. The molecule has 0 aromatic rings. The van der Waals surface area contributed by atoms with Crippen molar-refractivity contribution in [1.29, 1.82) is 0 Å². The molecule has 3 atom stereocenters. The van der Waals surface area contributed by atoms with Gasteiger partial charge in [-0.3, -0.25) is 15.1 Å². The predicted octanol–water partition coefficient (Wildman–Crippen LogP) is 0.110. The molecule has 0 aliphatic carbocycles. The molecule has 94 valence electrons. The van der Waals surface area contributed by atoms with Crippen LogP contribution in [0.15, 0.2) is 0 Å². The smallest absolute Gasteiger partial charge is 0.251 e. The van der Waals surface area contributed by atoms with Gasteiger partial charge >= 0.3 is 0 Å². The van der Waals surface area contributed by atoms with E-state index >= 15 is 0 Å². The second kappa shape index (κ2) is 5.61. The van der Waals surface area contributed by atoms with Gasteiger partial charge in [-0.15, -0.1) is 0 Å². The minimum absolute atomic E-state index is 0.115. The monoisotopic (exact) mass is 229 g/mol. The van der Waals surface area contributed by atoms with Gasteiger partial charge in [0.1, 0.15) is 0 Å². The maximum atomic E-state index is 11.7. The lowest BCUT2D eigenvalue weighted by Gasteiger charge is -2.40. The summed E-state index contributed by atoms with van der Waals surface area (Å²) in [7, 11) is 0. The Morgan fingerprint density at radius 2 is 1.88 bits per heavy atom. The first-order valence-corrected chi connectivity index (χ1v) is 5.85. The Morgan fingerprint density at radius 3 is 2.25 bits per heavy atom. The number of nitrogens with two attached hydrogens (primary N) is 1. The highest BCUT2D eigenvalue weighted by Crippen LogP contribution is 2.18. The normalized spacial score (nSPS) is 29.1. The maximum Gasteiger partial charge on any atom is 0.251 e. The van der Waals surface area contributed by atoms with Crippen molar-refractivity contribution in [3.63, 3.8) is 0 Å². The van der Waals surface area contributed by atoms with E-state index in [1.165, 1.54) is 0 Å². The van der Waals surface area contributed by atoms with E-state index in [0.29, 0.717) is 0 Å². The quantitative estimate of drug-likeness (QED) is 0.409. The summed E-state index contributed by atoms with van der Waals surface area (Å²) in [5, 5.41) is 0. The molecule has 1 aliphatic rings. The summed E-state index contributed by atoms with van der Waals surface area (Å²) in [5.41, 5.74) is 2.25. The highest BCUT2D eigenvalue weighted by atomic mass is 16.5. The molecule has 1 heterocycles. The van der Waals surface area contributed by atoms with Crippen LogP contribution in [-0.4, -0.2) is 42.1 Å². The van der Waals surface area contributed by atoms with Gasteiger partial charge in [-0.1, -0.05) is 13.8 Å². The molecule has 0 radical (unpaired) electrons. The van der Waals surface area contributed by atoms with Crippen molar-refractivity contribution in [3.05, 3.63) is 0 Å². The molecule has 1 saturated heterocycles. The molecule has 5 nitrogen and oxygen atoms in total. The molecular formula is C11H23N3O2.